The molecular weight excluding hydrogens is 290 g/mol. The van der Waals surface area contributed by atoms with Crippen LogP contribution in [0.3, 0.4) is 0 Å². The van der Waals surface area contributed by atoms with Gasteiger partial charge in [-0.05, 0) is 47.0 Å². The third-order valence-electron chi connectivity index (χ3n) is 3.00. The molecule has 1 aromatic carbocycles. The van der Waals surface area contributed by atoms with Gasteiger partial charge in [-0.3, -0.25) is 0 Å². The normalized spacial score (nSPS) is 17.8. The Morgan fingerprint density at radius 1 is 1.25 bits per heavy atom. The van der Waals surface area contributed by atoms with Crippen LogP contribution in [0.5, 0.6) is 0 Å². The predicted octanol–water partition coefficient (Wildman–Crippen LogP) is 2.75. The van der Waals surface area contributed by atoms with Gasteiger partial charge in [-0.2, -0.15) is 0 Å². The van der Waals surface area contributed by atoms with Gasteiger partial charge in [0.05, 0.1) is 10.1 Å². The minimum absolute atomic E-state index is 0.215. The number of benzene rings is 1. The van der Waals surface area contributed by atoms with Gasteiger partial charge in [0, 0.05) is 10.2 Å². The van der Waals surface area contributed by atoms with E-state index >= 15 is 0 Å². The van der Waals surface area contributed by atoms with Crippen LogP contribution in [0.2, 0.25) is 0 Å². The van der Waals surface area contributed by atoms with Crippen molar-refractivity contribution in [2.24, 2.45) is 0 Å². The number of halogens is 1. The Labute approximate surface area is 104 Å². The summed E-state index contributed by atoms with van der Waals surface area (Å²) in [5.74, 6) is 0. The number of hydrogen-bond donors (Lipinski definition) is 1. The molecule has 0 saturated heterocycles. The Morgan fingerprint density at radius 2 is 1.88 bits per heavy atom. The number of anilines is 1. The van der Waals surface area contributed by atoms with Gasteiger partial charge in [0.1, 0.15) is 0 Å². The van der Waals surface area contributed by atoms with E-state index in [4.69, 9.17) is 5.73 Å². The van der Waals surface area contributed by atoms with Crippen LogP contribution in [0, 0.1) is 0 Å². The molecule has 1 aromatic rings. The minimum atomic E-state index is -3.19. The number of nitrogen functional groups attached to an aromatic ring is 1. The van der Waals surface area contributed by atoms with Crippen LogP contribution >= 0.6 is 15.9 Å². The lowest BCUT2D eigenvalue weighted by molar-refractivity contribution is 0.579. The smallest absolute Gasteiger partial charge is 0.182 e. The fourth-order valence-electron chi connectivity index (χ4n) is 2.13. The maximum absolute atomic E-state index is 12.3. The minimum Gasteiger partial charge on any atom is -0.399 e. The van der Waals surface area contributed by atoms with Crippen LogP contribution in [-0.2, 0) is 9.84 Å². The second kappa shape index (κ2) is 4.37. The molecule has 1 aliphatic carbocycles. The molecule has 0 amide bonds. The molecule has 2 rings (SSSR count). The lowest BCUT2D eigenvalue weighted by Gasteiger charge is -2.12. The van der Waals surface area contributed by atoms with Crippen LogP contribution in [-0.4, -0.2) is 13.7 Å². The molecule has 88 valence electrons. The molecule has 3 nitrogen and oxygen atoms in total. The molecular formula is C11H14BrNO2S. The molecule has 5 heteroatoms. The van der Waals surface area contributed by atoms with E-state index in [1.165, 1.54) is 0 Å². The molecule has 1 fully saturated rings. The third-order valence-corrected chi connectivity index (χ3v) is 6.24. The summed E-state index contributed by atoms with van der Waals surface area (Å²) in [6, 6.07) is 4.86. The quantitative estimate of drug-likeness (QED) is 0.855. The molecule has 16 heavy (non-hydrogen) atoms. The van der Waals surface area contributed by atoms with Crippen molar-refractivity contribution in [2.45, 2.75) is 35.8 Å². The highest BCUT2D eigenvalue weighted by Crippen LogP contribution is 2.33. The summed E-state index contributed by atoms with van der Waals surface area (Å²) < 4.78 is 25.2. The molecule has 0 heterocycles. The second-order valence-corrected chi connectivity index (χ2v) is 7.19. The molecule has 0 spiro atoms. The lowest BCUT2D eigenvalue weighted by Crippen LogP contribution is -2.18. The molecule has 0 radical (unpaired) electrons. The van der Waals surface area contributed by atoms with Crippen molar-refractivity contribution >= 4 is 31.5 Å². The Bertz CT molecular complexity index is 493. The van der Waals surface area contributed by atoms with Gasteiger partial charge in [-0.1, -0.05) is 12.8 Å². The van der Waals surface area contributed by atoms with Crippen molar-refractivity contribution in [1.29, 1.82) is 0 Å². The van der Waals surface area contributed by atoms with Crippen LogP contribution in [0.4, 0.5) is 5.69 Å². The van der Waals surface area contributed by atoms with Crippen LogP contribution in [0.1, 0.15) is 25.7 Å². The highest BCUT2D eigenvalue weighted by molar-refractivity contribution is 9.10. The zero-order valence-corrected chi connectivity index (χ0v) is 11.2. The van der Waals surface area contributed by atoms with Gasteiger partial charge in [0.15, 0.2) is 9.84 Å². The lowest BCUT2D eigenvalue weighted by atomic mass is 10.3. The highest BCUT2D eigenvalue weighted by atomic mass is 79.9. The SMILES string of the molecule is Nc1ccc(S(=O)(=O)C2CCCC2)c(Br)c1. The van der Waals surface area contributed by atoms with E-state index in [0.29, 0.717) is 15.1 Å². The zero-order chi connectivity index (χ0) is 11.8. The fraction of sp³-hybridized carbons (Fsp3) is 0.455. The molecule has 0 atom stereocenters. The van der Waals surface area contributed by atoms with Crippen LogP contribution < -0.4 is 5.73 Å². The largest absolute Gasteiger partial charge is 0.399 e. The van der Waals surface area contributed by atoms with Gasteiger partial charge >= 0.3 is 0 Å². The van der Waals surface area contributed by atoms with Gasteiger partial charge in [-0.25, -0.2) is 8.42 Å². The van der Waals surface area contributed by atoms with Crippen LogP contribution in [0.15, 0.2) is 27.6 Å². The molecule has 1 saturated carbocycles. The predicted molar refractivity (Wildman–Crippen MR) is 68.0 cm³/mol. The summed E-state index contributed by atoms with van der Waals surface area (Å²) in [5, 5.41) is -0.215. The van der Waals surface area contributed by atoms with Crippen molar-refractivity contribution in [1.82, 2.24) is 0 Å². The van der Waals surface area contributed by atoms with E-state index in [-0.39, 0.29) is 5.25 Å². The number of rotatable bonds is 2. The molecule has 0 aliphatic heterocycles. The summed E-state index contributed by atoms with van der Waals surface area (Å²) in [7, 11) is -3.19. The first-order chi connectivity index (χ1) is 7.51. The fourth-order valence-corrected chi connectivity index (χ4v) is 5.10. The van der Waals surface area contributed by atoms with Gasteiger partial charge < -0.3 is 5.73 Å². The van der Waals surface area contributed by atoms with E-state index in [0.717, 1.165) is 25.7 Å². The topological polar surface area (TPSA) is 60.2 Å². The summed E-state index contributed by atoms with van der Waals surface area (Å²) >= 11 is 3.27. The standard InChI is InChI=1S/C11H14BrNO2S/c12-10-7-8(13)5-6-11(10)16(14,15)9-3-1-2-4-9/h5-7,9H,1-4,13H2. The van der Waals surface area contributed by atoms with E-state index in [1.54, 1.807) is 18.2 Å². The number of nitrogens with two attached hydrogens (primary N) is 1. The first-order valence-electron chi connectivity index (χ1n) is 5.31. The average molecular weight is 304 g/mol. The van der Waals surface area contributed by atoms with E-state index in [1.807, 2.05) is 0 Å². The number of hydrogen-bond acceptors (Lipinski definition) is 3. The number of sulfone groups is 1. The van der Waals surface area contributed by atoms with Gasteiger partial charge in [-0.15, -0.1) is 0 Å². The Hall–Kier alpha value is -0.550. The van der Waals surface area contributed by atoms with E-state index in [9.17, 15) is 8.42 Å². The molecule has 0 unspecified atom stereocenters. The summed E-state index contributed by atoms with van der Waals surface area (Å²) in [6.45, 7) is 0. The summed E-state index contributed by atoms with van der Waals surface area (Å²) in [5.41, 5.74) is 6.17. The Kier molecular flexibility index (Phi) is 3.26. The molecule has 0 bridgehead atoms. The maximum atomic E-state index is 12.3. The van der Waals surface area contributed by atoms with Crippen molar-refractivity contribution in [3.8, 4) is 0 Å². The summed E-state index contributed by atoms with van der Waals surface area (Å²) in [6.07, 6.45) is 3.57. The second-order valence-electron chi connectivity index (χ2n) is 4.14. The molecule has 1 aliphatic rings. The first-order valence-corrected chi connectivity index (χ1v) is 7.64. The monoisotopic (exact) mass is 303 g/mol. The average Bonchev–Trinajstić information content (AvgIpc) is 2.69. The van der Waals surface area contributed by atoms with Crippen molar-refractivity contribution in [3.63, 3.8) is 0 Å². The van der Waals surface area contributed by atoms with Crippen molar-refractivity contribution in [2.75, 3.05) is 5.73 Å². The molecule has 0 aromatic heterocycles. The third kappa shape index (κ3) is 2.11. The van der Waals surface area contributed by atoms with Gasteiger partial charge in [0.2, 0.25) is 0 Å². The maximum Gasteiger partial charge on any atom is 0.182 e. The van der Waals surface area contributed by atoms with E-state index < -0.39 is 9.84 Å². The molecule has 2 N–H and O–H groups in total. The van der Waals surface area contributed by atoms with Crippen molar-refractivity contribution < 1.29 is 8.42 Å². The summed E-state index contributed by atoms with van der Waals surface area (Å²) in [4.78, 5) is 0.369. The Balaban J connectivity index is 2.42. The zero-order valence-electron chi connectivity index (χ0n) is 8.82. The van der Waals surface area contributed by atoms with Crippen LogP contribution in [0.25, 0.3) is 0 Å². The van der Waals surface area contributed by atoms with Gasteiger partial charge in [0.25, 0.3) is 0 Å². The highest BCUT2D eigenvalue weighted by Gasteiger charge is 2.31. The van der Waals surface area contributed by atoms with E-state index in [2.05, 4.69) is 15.9 Å². The first kappa shape index (κ1) is 11.9. The van der Waals surface area contributed by atoms with Crippen molar-refractivity contribution in [3.05, 3.63) is 22.7 Å². The Morgan fingerprint density at radius 3 is 2.44 bits per heavy atom.